The van der Waals surface area contributed by atoms with Crippen molar-refractivity contribution in [3.8, 4) is 0 Å². The van der Waals surface area contributed by atoms with Crippen LogP contribution in [0, 0.1) is 11.3 Å². The van der Waals surface area contributed by atoms with Crippen molar-refractivity contribution in [2.75, 3.05) is 0 Å². The zero-order chi connectivity index (χ0) is 8.60. The van der Waals surface area contributed by atoms with Gasteiger partial charge in [0.15, 0.2) is 0 Å². The summed E-state index contributed by atoms with van der Waals surface area (Å²) in [4.78, 5) is 0. The van der Waals surface area contributed by atoms with Gasteiger partial charge < -0.3 is 0 Å². The van der Waals surface area contributed by atoms with Crippen LogP contribution >= 0.6 is 0 Å². The molecule has 2 atom stereocenters. The molecule has 2 aliphatic carbocycles. The number of hydrogen-bond donors (Lipinski definition) is 0. The minimum absolute atomic E-state index is 0.443. The van der Waals surface area contributed by atoms with E-state index in [1.54, 1.807) is 5.57 Å². The van der Waals surface area contributed by atoms with Gasteiger partial charge in [-0.2, -0.15) is 0 Å². The van der Waals surface area contributed by atoms with Gasteiger partial charge in [-0.3, -0.25) is 0 Å². The van der Waals surface area contributed by atoms with Crippen LogP contribution in [0.1, 0.15) is 39.5 Å². The zero-order valence-electron chi connectivity index (χ0n) is 8.14. The fourth-order valence-corrected chi connectivity index (χ4v) is 2.69. The first-order chi connectivity index (χ1) is 5.74. The lowest BCUT2D eigenvalue weighted by molar-refractivity contribution is 0.432. The molecule has 0 spiro atoms. The first-order valence-electron chi connectivity index (χ1n) is 5.12. The lowest BCUT2D eigenvalue weighted by atomic mass is 9.80. The molecule has 1 fully saturated rings. The Kier molecular flexibility index (Phi) is 1.86. The number of hydrogen-bond acceptors (Lipinski definition) is 0. The van der Waals surface area contributed by atoms with E-state index in [9.17, 15) is 0 Å². The summed E-state index contributed by atoms with van der Waals surface area (Å²) < 4.78 is 0. The van der Waals surface area contributed by atoms with Gasteiger partial charge in [-0.25, -0.2) is 0 Å². The van der Waals surface area contributed by atoms with Gasteiger partial charge in [0.1, 0.15) is 0 Å². The zero-order valence-corrected chi connectivity index (χ0v) is 8.14. The van der Waals surface area contributed by atoms with Gasteiger partial charge in [0.05, 0.1) is 0 Å². The maximum atomic E-state index is 2.47. The molecule has 0 aromatic carbocycles. The quantitative estimate of drug-likeness (QED) is 0.543. The van der Waals surface area contributed by atoms with Crippen LogP contribution in [-0.4, -0.2) is 0 Å². The van der Waals surface area contributed by atoms with Gasteiger partial charge >= 0.3 is 0 Å². The normalized spacial score (nSPS) is 39.5. The van der Waals surface area contributed by atoms with E-state index in [4.69, 9.17) is 0 Å². The van der Waals surface area contributed by atoms with Crippen LogP contribution < -0.4 is 0 Å². The molecule has 12 heavy (non-hydrogen) atoms. The predicted molar refractivity (Wildman–Crippen MR) is 53.0 cm³/mol. The van der Waals surface area contributed by atoms with Crippen LogP contribution in [-0.2, 0) is 0 Å². The monoisotopic (exact) mass is 162 g/mol. The van der Waals surface area contributed by atoms with Crippen LogP contribution in [0.4, 0.5) is 0 Å². The molecule has 1 saturated carbocycles. The molecule has 0 heterocycles. The standard InChI is InChI=1S/C12H18/c1-3-4-7-12(2)9-10-5-6-11(12)8-10/h4,6-7,10H,3,5,8-9H2,1-2H3. The molecule has 0 aromatic rings. The summed E-state index contributed by atoms with van der Waals surface area (Å²) in [6.07, 6.45) is 12.5. The second kappa shape index (κ2) is 2.76. The number of fused-ring (bicyclic) bond motifs is 2. The van der Waals surface area contributed by atoms with E-state index < -0.39 is 0 Å². The van der Waals surface area contributed by atoms with Crippen molar-refractivity contribution in [3.05, 3.63) is 23.8 Å². The largest absolute Gasteiger partial charge is 0.0879 e. The lowest BCUT2D eigenvalue weighted by Gasteiger charge is -2.24. The van der Waals surface area contributed by atoms with Crippen LogP contribution in [0.2, 0.25) is 0 Å². The second-order valence-corrected chi connectivity index (χ2v) is 4.47. The molecule has 0 aromatic heterocycles. The van der Waals surface area contributed by atoms with Crippen LogP contribution in [0.3, 0.4) is 0 Å². The van der Waals surface area contributed by atoms with Crippen molar-refractivity contribution in [2.45, 2.75) is 39.5 Å². The molecular weight excluding hydrogens is 144 g/mol. The van der Waals surface area contributed by atoms with Crippen LogP contribution in [0.5, 0.6) is 0 Å². The molecule has 0 N–H and O–H groups in total. The molecule has 2 bridgehead atoms. The highest BCUT2D eigenvalue weighted by Crippen LogP contribution is 2.52. The Morgan fingerprint density at radius 3 is 3.00 bits per heavy atom. The van der Waals surface area contributed by atoms with Crippen molar-refractivity contribution in [1.29, 1.82) is 0 Å². The molecule has 0 saturated heterocycles. The molecule has 2 aliphatic rings. The van der Waals surface area contributed by atoms with E-state index in [0.29, 0.717) is 5.41 Å². The van der Waals surface area contributed by atoms with E-state index >= 15 is 0 Å². The summed E-state index contributed by atoms with van der Waals surface area (Å²) >= 11 is 0. The fourth-order valence-electron chi connectivity index (χ4n) is 2.69. The van der Waals surface area contributed by atoms with Gasteiger partial charge in [0.2, 0.25) is 0 Å². The maximum Gasteiger partial charge on any atom is 0.00654 e. The Morgan fingerprint density at radius 1 is 1.67 bits per heavy atom. The van der Waals surface area contributed by atoms with E-state index in [1.807, 2.05) is 0 Å². The Hall–Kier alpha value is -0.520. The van der Waals surface area contributed by atoms with Gasteiger partial charge in [-0.15, -0.1) is 0 Å². The lowest BCUT2D eigenvalue weighted by Crippen LogP contribution is -2.13. The average Bonchev–Trinajstić information content (AvgIpc) is 2.60. The van der Waals surface area contributed by atoms with Gasteiger partial charge in [-0.1, -0.05) is 37.6 Å². The molecule has 0 heteroatoms. The molecule has 0 amide bonds. The molecule has 66 valence electrons. The third kappa shape index (κ3) is 1.14. The Bertz CT molecular complexity index is 234. The van der Waals surface area contributed by atoms with Crippen molar-refractivity contribution in [1.82, 2.24) is 0 Å². The number of allylic oxidation sites excluding steroid dienone is 4. The average molecular weight is 162 g/mol. The topological polar surface area (TPSA) is 0 Å². The summed E-state index contributed by atoms with van der Waals surface area (Å²) in [5.74, 6) is 0.978. The summed E-state index contributed by atoms with van der Waals surface area (Å²) in [6.45, 7) is 4.60. The first-order valence-corrected chi connectivity index (χ1v) is 5.12. The van der Waals surface area contributed by atoms with Crippen molar-refractivity contribution in [2.24, 2.45) is 11.3 Å². The summed E-state index contributed by atoms with van der Waals surface area (Å²) in [5.41, 5.74) is 2.15. The van der Waals surface area contributed by atoms with Gasteiger partial charge in [0.25, 0.3) is 0 Å². The van der Waals surface area contributed by atoms with Crippen LogP contribution in [0.15, 0.2) is 23.8 Å². The molecule has 0 nitrogen and oxygen atoms in total. The molecule has 0 radical (unpaired) electrons. The van der Waals surface area contributed by atoms with Crippen molar-refractivity contribution < 1.29 is 0 Å². The maximum absolute atomic E-state index is 2.47. The van der Waals surface area contributed by atoms with E-state index in [-0.39, 0.29) is 0 Å². The summed E-state index contributed by atoms with van der Waals surface area (Å²) in [6, 6.07) is 0. The predicted octanol–water partition coefficient (Wildman–Crippen LogP) is 3.70. The minimum Gasteiger partial charge on any atom is -0.0879 e. The summed E-state index contributed by atoms with van der Waals surface area (Å²) in [7, 11) is 0. The highest BCUT2D eigenvalue weighted by Gasteiger charge is 2.40. The van der Waals surface area contributed by atoms with Gasteiger partial charge in [0, 0.05) is 5.41 Å². The summed E-state index contributed by atoms with van der Waals surface area (Å²) in [5, 5.41) is 0. The fraction of sp³-hybridized carbons (Fsp3) is 0.667. The van der Waals surface area contributed by atoms with E-state index in [1.165, 1.54) is 25.7 Å². The van der Waals surface area contributed by atoms with E-state index in [2.05, 4.69) is 32.1 Å². The minimum atomic E-state index is 0.443. The third-order valence-electron chi connectivity index (χ3n) is 3.37. The number of rotatable bonds is 2. The highest BCUT2D eigenvalue weighted by molar-refractivity contribution is 5.30. The Morgan fingerprint density at radius 2 is 2.50 bits per heavy atom. The molecule has 0 aliphatic heterocycles. The molecular formula is C12H18. The van der Waals surface area contributed by atoms with E-state index in [0.717, 1.165) is 5.92 Å². The smallest absolute Gasteiger partial charge is 0.00654 e. The Labute approximate surface area is 75.4 Å². The SMILES string of the molecule is CCC=CC1(C)CC2CC=C1C2. The Balaban J connectivity index is 2.17. The van der Waals surface area contributed by atoms with Crippen molar-refractivity contribution in [3.63, 3.8) is 0 Å². The highest BCUT2D eigenvalue weighted by atomic mass is 14.4. The molecule has 2 rings (SSSR count). The first kappa shape index (κ1) is 8.10. The second-order valence-electron chi connectivity index (χ2n) is 4.47. The van der Waals surface area contributed by atoms with Crippen LogP contribution in [0.25, 0.3) is 0 Å². The van der Waals surface area contributed by atoms with Gasteiger partial charge in [-0.05, 0) is 31.6 Å². The third-order valence-corrected chi connectivity index (χ3v) is 3.37. The molecule has 2 unspecified atom stereocenters. The van der Waals surface area contributed by atoms with Crippen molar-refractivity contribution >= 4 is 0 Å².